The number of rotatable bonds is 6. The fraction of sp³-hybridized carbons (Fsp3) is 0.353. The molecule has 8 heteroatoms. The van der Waals surface area contributed by atoms with Gasteiger partial charge in [-0.1, -0.05) is 24.3 Å². The predicted octanol–water partition coefficient (Wildman–Crippen LogP) is 3.51. The zero-order valence-corrected chi connectivity index (χ0v) is 15.2. The van der Waals surface area contributed by atoms with Crippen LogP contribution in [-0.4, -0.2) is 50.8 Å². The number of imidazole rings is 1. The van der Waals surface area contributed by atoms with Crippen molar-refractivity contribution in [1.82, 2.24) is 19.4 Å². The molecule has 0 fully saturated rings. The Balaban J connectivity index is 2.04. The highest BCUT2D eigenvalue weighted by atomic mass is 32.1. The van der Waals surface area contributed by atoms with Gasteiger partial charge in [-0.25, -0.2) is 14.8 Å². The average Bonchev–Trinajstić information content (AvgIpc) is 3.19. The molecule has 0 spiro atoms. The lowest BCUT2D eigenvalue weighted by molar-refractivity contribution is 0.209. The number of fused-ring (bicyclic) bond motifs is 1. The van der Waals surface area contributed by atoms with Crippen LogP contribution in [0, 0.1) is 0 Å². The van der Waals surface area contributed by atoms with Gasteiger partial charge in [0.2, 0.25) is 0 Å². The lowest BCUT2D eigenvalue weighted by Gasteiger charge is -2.33. The quantitative estimate of drug-likeness (QED) is 0.704. The molecular weight excluding hydrogens is 338 g/mol. The molecule has 0 saturated carbocycles. The molecule has 132 valence electrons. The molecule has 2 unspecified atom stereocenters. The molecule has 0 aliphatic carbocycles. The van der Waals surface area contributed by atoms with E-state index in [9.17, 15) is 4.79 Å². The summed E-state index contributed by atoms with van der Waals surface area (Å²) in [4.78, 5) is 21.6. The molecule has 2 atom stereocenters. The third kappa shape index (κ3) is 3.64. The van der Waals surface area contributed by atoms with Crippen molar-refractivity contribution in [2.75, 3.05) is 19.4 Å². The smallest absolute Gasteiger partial charge is 0.410 e. The largest absolute Gasteiger partial charge is 0.465 e. The minimum Gasteiger partial charge on any atom is -0.465 e. The lowest BCUT2D eigenvalue weighted by atomic mass is 9.96. The maximum Gasteiger partial charge on any atom is 0.410 e. The molecule has 2 heterocycles. The molecule has 0 bridgehead atoms. The van der Waals surface area contributed by atoms with Crippen molar-refractivity contribution in [2.24, 2.45) is 0 Å². The number of nitrogens with one attached hydrogen (secondary N) is 1. The molecule has 0 aliphatic heterocycles. The third-order valence-electron chi connectivity index (χ3n) is 4.26. The van der Waals surface area contributed by atoms with Crippen molar-refractivity contribution >= 4 is 32.8 Å². The highest BCUT2D eigenvalue weighted by Gasteiger charge is 2.25. The van der Waals surface area contributed by atoms with E-state index in [0.717, 1.165) is 22.2 Å². The lowest BCUT2D eigenvalue weighted by Crippen LogP contribution is -2.36. The van der Waals surface area contributed by atoms with E-state index in [0.29, 0.717) is 11.2 Å². The predicted molar refractivity (Wildman–Crippen MR) is 99.4 cm³/mol. The summed E-state index contributed by atoms with van der Waals surface area (Å²) < 4.78 is 3.08. The van der Waals surface area contributed by atoms with E-state index >= 15 is 0 Å². The normalized spacial score (nSPS) is 13.9. The van der Waals surface area contributed by atoms with Gasteiger partial charge in [-0.2, -0.15) is 0 Å². The zero-order chi connectivity index (χ0) is 18.0. The second-order valence-electron chi connectivity index (χ2n) is 6.07. The second-order valence-corrected chi connectivity index (χ2v) is 7.10. The summed E-state index contributed by atoms with van der Waals surface area (Å²) in [5.74, 6) is 0. The number of aromatic nitrogens is 3. The van der Waals surface area contributed by atoms with Gasteiger partial charge in [0.15, 0.2) is 5.13 Å². The summed E-state index contributed by atoms with van der Waals surface area (Å²) in [7, 11) is 4.16. The molecule has 2 N–H and O–H groups in total. The average molecular weight is 359 g/mol. The standard InChI is InChI=1S/C17H21N5O2S/c1-4-13(21(2)3)15(22-8-7-18-10-22)11-5-6-12-14(9-11)25-16(19-12)20-17(23)24/h5-10,13,15H,4H2,1-3H3,(H,19,20)(H,23,24). The first-order valence-corrected chi connectivity index (χ1v) is 8.85. The molecule has 2 aromatic heterocycles. The minimum atomic E-state index is -1.10. The van der Waals surface area contributed by atoms with Crippen molar-refractivity contribution in [3.8, 4) is 0 Å². The topological polar surface area (TPSA) is 83.3 Å². The van der Waals surface area contributed by atoms with Gasteiger partial charge in [0.05, 0.1) is 22.6 Å². The summed E-state index contributed by atoms with van der Waals surface area (Å²) in [6.07, 6.45) is 5.49. The second kappa shape index (κ2) is 7.20. The van der Waals surface area contributed by atoms with E-state index in [1.807, 2.05) is 18.6 Å². The van der Waals surface area contributed by atoms with E-state index in [4.69, 9.17) is 5.11 Å². The monoisotopic (exact) mass is 359 g/mol. The van der Waals surface area contributed by atoms with Crippen molar-refractivity contribution in [2.45, 2.75) is 25.4 Å². The molecule has 0 aliphatic rings. The van der Waals surface area contributed by atoms with E-state index < -0.39 is 6.09 Å². The van der Waals surface area contributed by atoms with Gasteiger partial charge < -0.3 is 14.6 Å². The fourth-order valence-electron chi connectivity index (χ4n) is 3.17. The van der Waals surface area contributed by atoms with E-state index in [-0.39, 0.29) is 6.04 Å². The van der Waals surface area contributed by atoms with Gasteiger partial charge in [0.25, 0.3) is 0 Å². The van der Waals surface area contributed by atoms with Gasteiger partial charge in [-0.3, -0.25) is 5.32 Å². The highest BCUT2D eigenvalue weighted by molar-refractivity contribution is 7.22. The number of hydrogen-bond acceptors (Lipinski definition) is 5. The van der Waals surface area contributed by atoms with Crippen LogP contribution in [0.15, 0.2) is 36.9 Å². The first-order chi connectivity index (χ1) is 12.0. The van der Waals surface area contributed by atoms with Crippen LogP contribution >= 0.6 is 11.3 Å². The SMILES string of the molecule is CCC(C(c1ccc2nc(NC(=O)O)sc2c1)n1ccnc1)N(C)C. The molecule has 3 rings (SSSR count). The van der Waals surface area contributed by atoms with Crippen LogP contribution in [0.25, 0.3) is 10.2 Å². The molecule has 0 saturated heterocycles. The molecule has 25 heavy (non-hydrogen) atoms. The summed E-state index contributed by atoms with van der Waals surface area (Å²) >= 11 is 1.34. The Labute approximate surface area is 149 Å². The summed E-state index contributed by atoms with van der Waals surface area (Å²) in [5, 5.41) is 11.6. The third-order valence-corrected chi connectivity index (χ3v) is 5.19. The number of thiazole rings is 1. The van der Waals surface area contributed by atoms with Gasteiger partial charge >= 0.3 is 6.09 Å². The molecule has 1 aromatic carbocycles. The van der Waals surface area contributed by atoms with Crippen LogP contribution in [0.5, 0.6) is 0 Å². The first kappa shape index (κ1) is 17.4. The van der Waals surface area contributed by atoms with E-state index in [2.05, 4.69) is 57.9 Å². The highest BCUT2D eigenvalue weighted by Crippen LogP contribution is 2.32. The number of nitrogens with zero attached hydrogens (tertiary/aromatic N) is 4. The number of hydrogen-bond donors (Lipinski definition) is 2. The summed E-state index contributed by atoms with van der Waals surface area (Å²) in [6, 6.07) is 6.52. The minimum absolute atomic E-state index is 0.116. The molecule has 3 aromatic rings. The number of amides is 1. The number of benzene rings is 1. The van der Waals surface area contributed by atoms with Gasteiger partial charge in [0.1, 0.15) is 0 Å². The number of carboxylic acid groups (broad SMARTS) is 1. The van der Waals surface area contributed by atoms with Crippen molar-refractivity contribution in [3.05, 3.63) is 42.5 Å². The Hall–Kier alpha value is -2.45. The molecule has 7 nitrogen and oxygen atoms in total. The zero-order valence-electron chi connectivity index (χ0n) is 14.4. The summed E-state index contributed by atoms with van der Waals surface area (Å²) in [6.45, 7) is 2.18. The van der Waals surface area contributed by atoms with Crippen LogP contribution in [0.2, 0.25) is 0 Å². The maximum absolute atomic E-state index is 10.8. The molecule has 0 radical (unpaired) electrons. The van der Waals surface area contributed by atoms with Gasteiger partial charge in [-0.15, -0.1) is 0 Å². The van der Waals surface area contributed by atoms with Gasteiger partial charge in [0, 0.05) is 18.4 Å². The first-order valence-electron chi connectivity index (χ1n) is 8.04. The molecule has 1 amide bonds. The van der Waals surface area contributed by atoms with Crippen molar-refractivity contribution in [3.63, 3.8) is 0 Å². The maximum atomic E-state index is 10.8. The number of anilines is 1. The van der Waals surface area contributed by atoms with Crippen LogP contribution < -0.4 is 5.32 Å². The van der Waals surface area contributed by atoms with Crippen LogP contribution in [0.4, 0.5) is 9.93 Å². The van der Waals surface area contributed by atoms with Gasteiger partial charge in [-0.05, 0) is 38.2 Å². The fourth-order valence-corrected chi connectivity index (χ4v) is 4.07. The summed E-state index contributed by atoms with van der Waals surface area (Å²) in [5.41, 5.74) is 1.94. The molecular formula is C17H21N5O2S. The van der Waals surface area contributed by atoms with Crippen LogP contribution in [0.1, 0.15) is 24.9 Å². The Morgan fingerprint density at radius 1 is 1.44 bits per heavy atom. The van der Waals surface area contributed by atoms with Crippen molar-refractivity contribution < 1.29 is 9.90 Å². The number of likely N-dealkylation sites (N-methyl/N-ethyl adjacent to an activating group) is 1. The van der Waals surface area contributed by atoms with Crippen LogP contribution in [0.3, 0.4) is 0 Å². The Morgan fingerprint density at radius 3 is 2.84 bits per heavy atom. The van der Waals surface area contributed by atoms with E-state index in [1.165, 1.54) is 11.3 Å². The Kier molecular flexibility index (Phi) is 5.00. The van der Waals surface area contributed by atoms with E-state index in [1.54, 1.807) is 6.20 Å². The van der Waals surface area contributed by atoms with Crippen LogP contribution in [-0.2, 0) is 0 Å². The Bertz CT molecular complexity index is 859. The Morgan fingerprint density at radius 2 is 2.24 bits per heavy atom. The number of carbonyl (C=O) groups is 1. The van der Waals surface area contributed by atoms with Crippen molar-refractivity contribution in [1.29, 1.82) is 0 Å².